The van der Waals surface area contributed by atoms with Crippen molar-refractivity contribution in [2.75, 3.05) is 0 Å². The molecular weight excluding hydrogens is 645 g/mol. The van der Waals surface area contributed by atoms with Gasteiger partial charge in [0.1, 0.15) is 6.10 Å². The Morgan fingerprint density at radius 1 is 0.615 bits per heavy atom. The molecule has 2 saturated carbocycles. The Bertz CT molecular complexity index is 1140. The highest BCUT2D eigenvalue weighted by atomic mass is 16.5. The first kappa shape index (κ1) is 47.1. The fraction of sp³-hybridized carbons (Fsp3) is 0.957. The van der Waals surface area contributed by atoms with Crippen molar-refractivity contribution < 1.29 is 24.2 Å². The average molecular weight is 733 g/mol. The Kier molecular flexibility index (Phi) is 15.3. The smallest absolute Gasteiger partial charge is 0.312 e. The fourth-order valence-corrected chi connectivity index (χ4v) is 9.94. The van der Waals surface area contributed by atoms with Crippen molar-refractivity contribution in [1.29, 1.82) is 0 Å². The Morgan fingerprint density at radius 2 is 1.12 bits per heavy atom. The van der Waals surface area contributed by atoms with Gasteiger partial charge in [0.15, 0.2) is 0 Å². The number of carbonyl (C=O) groups excluding carboxylic acids is 2. The van der Waals surface area contributed by atoms with Crippen LogP contribution in [-0.4, -0.2) is 35.4 Å². The third-order valence-electron chi connectivity index (χ3n) is 14.4. The molecule has 5 nitrogen and oxygen atoms in total. The van der Waals surface area contributed by atoms with Gasteiger partial charge in [0.05, 0.1) is 23.0 Å². The summed E-state index contributed by atoms with van der Waals surface area (Å²) < 4.78 is 12.6. The molecule has 0 aliphatic heterocycles. The van der Waals surface area contributed by atoms with Crippen LogP contribution < -0.4 is 0 Å². The number of esters is 2. The largest absolute Gasteiger partial charge is 0.463 e. The summed E-state index contributed by atoms with van der Waals surface area (Å²) in [6, 6.07) is 0. The summed E-state index contributed by atoms with van der Waals surface area (Å²) >= 11 is 0. The summed E-state index contributed by atoms with van der Waals surface area (Å²) in [6.45, 7) is 40.4. The highest BCUT2D eigenvalue weighted by molar-refractivity contribution is 5.78. The first-order valence-electron chi connectivity index (χ1n) is 21.4. The lowest BCUT2D eigenvalue weighted by Gasteiger charge is -2.51. The maximum Gasteiger partial charge on any atom is 0.312 e. The Labute approximate surface area is 323 Å². The van der Waals surface area contributed by atoms with Crippen LogP contribution in [0.25, 0.3) is 0 Å². The normalized spacial score (nSPS) is 25.3. The maximum atomic E-state index is 15.1. The van der Waals surface area contributed by atoms with Crippen LogP contribution in [0.5, 0.6) is 0 Å². The minimum Gasteiger partial charge on any atom is -0.463 e. The van der Waals surface area contributed by atoms with E-state index in [9.17, 15) is 9.90 Å². The van der Waals surface area contributed by atoms with E-state index in [-0.39, 0.29) is 62.7 Å². The van der Waals surface area contributed by atoms with Crippen LogP contribution in [0.1, 0.15) is 215 Å². The molecule has 0 radical (unpaired) electrons. The number of carbonyl (C=O) groups is 2. The second-order valence-electron chi connectivity index (χ2n) is 23.8. The fourth-order valence-electron chi connectivity index (χ4n) is 9.94. The molecule has 2 rings (SSSR count). The molecule has 0 amide bonds. The lowest BCUT2D eigenvalue weighted by atomic mass is 9.54. The molecule has 0 aromatic rings. The zero-order valence-corrected chi connectivity index (χ0v) is 37.9. The minimum absolute atomic E-state index is 0.000470. The highest BCUT2D eigenvalue weighted by Crippen LogP contribution is 2.57. The van der Waals surface area contributed by atoms with E-state index in [1.807, 2.05) is 13.8 Å². The summed E-state index contributed by atoms with van der Waals surface area (Å²) in [4.78, 5) is 28.9. The SMILES string of the molecule is CC(C)OC(=O)C(C)(CC(C)(C)C)C(C)(C)CCC(C)(C)CC(CCC(C)(C)C1CCC(O)CC1)(C(=O)OC1CCC(C(C)(C)C)CC1)C(C)(C)C. The summed E-state index contributed by atoms with van der Waals surface area (Å²) in [5.74, 6) is 1.09. The van der Waals surface area contributed by atoms with Gasteiger partial charge in [-0.15, -0.1) is 0 Å². The van der Waals surface area contributed by atoms with Crippen LogP contribution >= 0.6 is 0 Å². The predicted molar refractivity (Wildman–Crippen MR) is 219 cm³/mol. The molecule has 2 atom stereocenters. The molecule has 52 heavy (non-hydrogen) atoms. The second kappa shape index (κ2) is 17.0. The van der Waals surface area contributed by atoms with Crippen molar-refractivity contribution in [2.24, 2.45) is 55.2 Å². The third kappa shape index (κ3) is 12.5. The standard InChI is InChI=1S/C47H88O5/c1-33(2)51-38(49)46(18,31-40(3,4)5)45(16,17)29-27-43(12,13)32-47(42(9,10)11,30-28-44(14,15)35-19-23-36(48)24-20-35)39(50)52-37-25-21-34(22-26-37)41(6,7)8/h33-37,48H,19-32H2,1-18H3. The topological polar surface area (TPSA) is 72.8 Å². The van der Waals surface area contributed by atoms with E-state index in [1.165, 1.54) is 0 Å². The molecule has 306 valence electrons. The summed E-state index contributed by atoms with van der Waals surface area (Å²) in [5.41, 5.74) is -1.87. The summed E-state index contributed by atoms with van der Waals surface area (Å²) in [7, 11) is 0. The van der Waals surface area contributed by atoms with Crippen LogP contribution in [0.15, 0.2) is 0 Å². The molecule has 0 aromatic heterocycles. The molecule has 5 heteroatoms. The molecule has 0 saturated heterocycles. The molecule has 1 N–H and O–H groups in total. The van der Waals surface area contributed by atoms with Crippen LogP contribution in [0.3, 0.4) is 0 Å². The number of rotatable bonds is 15. The van der Waals surface area contributed by atoms with Crippen LogP contribution in [0, 0.1) is 55.2 Å². The lowest BCUT2D eigenvalue weighted by Crippen LogP contribution is -2.50. The number of aliphatic hydroxyl groups excluding tert-OH is 1. The molecule has 0 bridgehead atoms. The minimum atomic E-state index is -0.668. The molecule has 2 aliphatic rings. The van der Waals surface area contributed by atoms with Gasteiger partial charge in [-0.25, -0.2) is 0 Å². The van der Waals surface area contributed by atoms with Crippen molar-refractivity contribution in [3.05, 3.63) is 0 Å². The van der Waals surface area contributed by atoms with Crippen molar-refractivity contribution in [1.82, 2.24) is 0 Å². The molecule has 0 spiro atoms. The van der Waals surface area contributed by atoms with Gasteiger partial charge >= 0.3 is 11.9 Å². The van der Waals surface area contributed by atoms with E-state index >= 15 is 4.79 Å². The molecule has 2 aliphatic carbocycles. The first-order valence-corrected chi connectivity index (χ1v) is 21.4. The van der Waals surface area contributed by atoms with E-state index in [4.69, 9.17) is 9.47 Å². The van der Waals surface area contributed by atoms with E-state index in [0.717, 1.165) is 89.9 Å². The predicted octanol–water partition coefficient (Wildman–Crippen LogP) is 13.1. The molecule has 2 fully saturated rings. The zero-order valence-electron chi connectivity index (χ0n) is 37.9. The number of hydrogen-bond donors (Lipinski definition) is 1. The molecule has 2 unspecified atom stereocenters. The monoisotopic (exact) mass is 733 g/mol. The van der Waals surface area contributed by atoms with Gasteiger partial charge in [-0.05, 0) is 155 Å². The van der Waals surface area contributed by atoms with Gasteiger partial charge in [0, 0.05) is 0 Å². The molecular formula is C47H88O5. The van der Waals surface area contributed by atoms with Crippen molar-refractivity contribution in [2.45, 2.75) is 233 Å². The van der Waals surface area contributed by atoms with Crippen molar-refractivity contribution >= 4 is 11.9 Å². The van der Waals surface area contributed by atoms with Gasteiger partial charge in [-0.2, -0.15) is 0 Å². The van der Waals surface area contributed by atoms with Gasteiger partial charge in [0.25, 0.3) is 0 Å². The lowest BCUT2D eigenvalue weighted by molar-refractivity contribution is -0.177. The van der Waals surface area contributed by atoms with E-state index in [0.29, 0.717) is 11.8 Å². The van der Waals surface area contributed by atoms with Gasteiger partial charge in [-0.3, -0.25) is 9.59 Å². The Hall–Kier alpha value is -1.10. The van der Waals surface area contributed by atoms with E-state index < -0.39 is 10.8 Å². The van der Waals surface area contributed by atoms with Crippen LogP contribution in [0.4, 0.5) is 0 Å². The van der Waals surface area contributed by atoms with E-state index in [2.05, 4.69) is 111 Å². The highest BCUT2D eigenvalue weighted by Gasteiger charge is 2.55. The Morgan fingerprint density at radius 3 is 1.56 bits per heavy atom. The van der Waals surface area contributed by atoms with Crippen LogP contribution in [-0.2, 0) is 19.1 Å². The summed E-state index contributed by atoms with van der Waals surface area (Å²) in [6.07, 6.45) is 12.5. The third-order valence-corrected chi connectivity index (χ3v) is 14.4. The first-order chi connectivity index (χ1) is 23.3. The molecule has 0 aromatic carbocycles. The van der Waals surface area contributed by atoms with Crippen LogP contribution in [0.2, 0.25) is 0 Å². The Balaban J connectivity index is 2.48. The number of ether oxygens (including phenoxy) is 2. The van der Waals surface area contributed by atoms with Gasteiger partial charge in [0.2, 0.25) is 0 Å². The molecule has 0 heterocycles. The maximum absolute atomic E-state index is 15.1. The average Bonchev–Trinajstić information content (AvgIpc) is 2.96. The van der Waals surface area contributed by atoms with Crippen molar-refractivity contribution in [3.63, 3.8) is 0 Å². The second-order valence-corrected chi connectivity index (χ2v) is 23.8. The van der Waals surface area contributed by atoms with Crippen molar-refractivity contribution in [3.8, 4) is 0 Å². The van der Waals surface area contributed by atoms with E-state index in [1.54, 1.807) is 0 Å². The quantitative estimate of drug-likeness (QED) is 0.170. The van der Waals surface area contributed by atoms with Gasteiger partial charge in [-0.1, -0.05) is 104 Å². The number of hydrogen-bond acceptors (Lipinski definition) is 5. The zero-order chi connectivity index (χ0) is 40.4. The summed E-state index contributed by atoms with van der Waals surface area (Å²) in [5, 5.41) is 10.3. The number of aliphatic hydroxyl groups is 1. The van der Waals surface area contributed by atoms with Gasteiger partial charge < -0.3 is 14.6 Å².